The summed E-state index contributed by atoms with van der Waals surface area (Å²) in [7, 11) is 0. The summed E-state index contributed by atoms with van der Waals surface area (Å²) in [4.78, 5) is 13.4. The van der Waals surface area contributed by atoms with Gasteiger partial charge in [-0.15, -0.1) is 0 Å². The maximum absolute atomic E-state index is 10.5. The summed E-state index contributed by atoms with van der Waals surface area (Å²) in [5.41, 5.74) is 2.02. The molecule has 1 aromatic heterocycles. The molecule has 0 saturated heterocycles. The van der Waals surface area contributed by atoms with E-state index in [1.807, 2.05) is 36.4 Å². The Kier molecular flexibility index (Phi) is 3.96. The second-order valence-electron chi connectivity index (χ2n) is 4.83. The van der Waals surface area contributed by atoms with Crippen LogP contribution in [-0.2, 0) is 6.42 Å². The van der Waals surface area contributed by atoms with Crippen molar-refractivity contribution in [3.8, 4) is 11.6 Å². The van der Waals surface area contributed by atoms with Crippen molar-refractivity contribution in [3.05, 3.63) is 60.2 Å². The minimum atomic E-state index is -1.34. The van der Waals surface area contributed by atoms with Gasteiger partial charge < -0.3 is 19.6 Å². The molecule has 0 saturated carbocycles. The first kappa shape index (κ1) is 14.0. The number of fused-ring (bicyclic) bond motifs is 1. The third-order valence-corrected chi connectivity index (χ3v) is 3.27. The van der Waals surface area contributed by atoms with Crippen molar-refractivity contribution < 1.29 is 19.4 Å². The highest BCUT2D eigenvalue weighted by molar-refractivity contribution is 5.83. The number of carboxylic acid groups (broad SMARTS) is 1. The number of ether oxygens (including phenoxy) is 2. The normalized spacial score (nSPS) is 10.5. The number of nitrogens with one attached hydrogen (secondary N) is 1. The monoisotopic (exact) mass is 297 g/mol. The smallest absolute Gasteiger partial charge is 0.493 e. The zero-order valence-corrected chi connectivity index (χ0v) is 11.8. The molecule has 0 aliphatic rings. The molecule has 0 fully saturated rings. The van der Waals surface area contributed by atoms with Gasteiger partial charge in [-0.3, -0.25) is 0 Å². The summed E-state index contributed by atoms with van der Waals surface area (Å²) < 4.78 is 10.3. The van der Waals surface area contributed by atoms with E-state index in [1.165, 1.54) is 5.56 Å². The number of rotatable bonds is 5. The van der Waals surface area contributed by atoms with E-state index in [2.05, 4.69) is 21.9 Å². The predicted octanol–water partition coefficient (Wildman–Crippen LogP) is 3.85. The Balaban J connectivity index is 1.65. The van der Waals surface area contributed by atoms with Gasteiger partial charge in [-0.05, 0) is 23.8 Å². The van der Waals surface area contributed by atoms with Crippen LogP contribution >= 0.6 is 0 Å². The van der Waals surface area contributed by atoms with E-state index < -0.39 is 6.16 Å². The quantitative estimate of drug-likeness (QED) is 0.702. The number of benzene rings is 2. The summed E-state index contributed by atoms with van der Waals surface area (Å²) >= 11 is 0. The second kappa shape index (κ2) is 6.22. The van der Waals surface area contributed by atoms with Crippen LogP contribution in [0.4, 0.5) is 4.79 Å². The van der Waals surface area contributed by atoms with Crippen LogP contribution in [0.5, 0.6) is 11.6 Å². The lowest BCUT2D eigenvalue weighted by molar-refractivity contribution is 0.143. The molecule has 112 valence electrons. The molecule has 22 heavy (non-hydrogen) atoms. The lowest BCUT2D eigenvalue weighted by Gasteiger charge is -2.06. The van der Waals surface area contributed by atoms with E-state index in [4.69, 9.17) is 9.84 Å². The standard InChI is InChI=1S/C17H15NO4/c19-17(20)22-16-11-13-10-14(6-7-15(13)18-16)21-9-8-12-4-2-1-3-5-12/h1-7,10-11,18H,8-9H2,(H,19,20). The Morgan fingerprint density at radius 1 is 1.09 bits per heavy atom. The minimum absolute atomic E-state index is 0.198. The average molecular weight is 297 g/mol. The zero-order valence-electron chi connectivity index (χ0n) is 11.8. The first-order chi connectivity index (χ1) is 10.7. The third-order valence-electron chi connectivity index (χ3n) is 3.27. The summed E-state index contributed by atoms with van der Waals surface area (Å²) in [5, 5.41) is 9.45. The third kappa shape index (κ3) is 3.38. The van der Waals surface area contributed by atoms with Crippen LogP contribution in [0.3, 0.4) is 0 Å². The highest BCUT2D eigenvalue weighted by atomic mass is 16.7. The zero-order chi connectivity index (χ0) is 15.4. The van der Waals surface area contributed by atoms with E-state index in [0.29, 0.717) is 6.61 Å². The Morgan fingerprint density at radius 3 is 2.68 bits per heavy atom. The maximum Gasteiger partial charge on any atom is 0.512 e. The Morgan fingerprint density at radius 2 is 1.91 bits per heavy atom. The van der Waals surface area contributed by atoms with Gasteiger partial charge in [0, 0.05) is 23.4 Å². The molecular formula is C17H15NO4. The fourth-order valence-electron chi connectivity index (χ4n) is 2.25. The fraction of sp³-hybridized carbons (Fsp3) is 0.118. The van der Waals surface area contributed by atoms with Gasteiger partial charge in [0.2, 0.25) is 5.88 Å². The van der Waals surface area contributed by atoms with Crippen LogP contribution in [0.2, 0.25) is 0 Å². The minimum Gasteiger partial charge on any atom is -0.493 e. The van der Waals surface area contributed by atoms with Crippen LogP contribution in [0.1, 0.15) is 5.56 Å². The van der Waals surface area contributed by atoms with Gasteiger partial charge in [0.25, 0.3) is 0 Å². The highest BCUT2D eigenvalue weighted by Crippen LogP contribution is 2.25. The van der Waals surface area contributed by atoms with Crippen LogP contribution in [0.25, 0.3) is 10.9 Å². The largest absolute Gasteiger partial charge is 0.512 e. The van der Waals surface area contributed by atoms with Gasteiger partial charge in [0.15, 0.2) is 0 Å². The molecule has 0 amide bonds. The van der Waals surface area contributed by atoms with E-state index in [1.54, 1.807) is 6.07 Å². The van der Waals surface area contributed by atoms with Gasteiger partial charge in [-0.1, -0.05) is 30.3 Å². The molecule has 0 aliphatic carbocycles. The number of aromatic nitrogens is 1. The molecular weight excluding hydrogens is 282 g/mol. The van der Waals surface area contributed by atoms with Gasteiger partial charge in [0.05, 0.1) is 6.61 Å². The van der Waals surface area contributed by atoms with Crippen molar-refractivity contribution in [2.24, 2.45) is 0 Å². The topological polar surface area (TPSA) is 71.6 Å². The van der Waals surface area contributed by atoms with E-state index in [9.17, 15) is 4.79 Å². The van der Waals surface area contributed by atoms with Crippen molar-refractivity contribution in [2.45, 2.75) is 6.42 Å². The first-order valence-corrected chi connectivity index (χ1v) is 6.91. The van der Waals surface area contributed by atoms with Crippen LogP contribution < -0.4 is 9.47 Å². The highest BCUT2D eigenvalue weighted by Gasteiger charge is 2.06. The van der Waals surface area contributed by atoms with Crippen LogP contribution in [-0.4, -0.2) is 22.9 Å². The Hall–Kier alpha value is -2.95. The molecule has 0 bridgehead atoms. The SMILES string of the molecule is O=C(O)Oc1cc2cc(OCCc3ccccc3)ccc2[nH]1. The molecule has 0 spiro atoms. The van der Waals surface area contributed by atoms with Gasteiger partial charge in [-0.2, -0.15) is 0 Å². The second-order valence-corrected chi connectivity index (χ2v) is 4.83. The molecule has 2 aromatic carbocycles. The summed E-state index contributed by atoms with van der Waals surface area (Å²) in [6.07, 6.45) is -0.509. The van der Waals surface area contributed by atoms with Crippen molar-refractivity contribution >= 4 is 17.1 Å². The molecule has 3 aromatic rings. The summed E-state index contributed by atoms with van der Waals surface area (Å²) in [6, 6.07) is 17.3. The number of carbonyl (C=O) groups is 1. The summed E-state index contributed by atoms with van der Waals surface area (Å²) in [6.45, 7) is 0.582. The molecule has 0 unspecified atom stereocenters. The molecule has 3 rings (SSSR count). The Bertz CT molecular complexity index is 780. The Labute approximate surface area is 127 Å². The average Bonchev–Trinajstić information content (AvgIpc) is 2.89. The molecule has 2 N–H and O–H groups in total. The number of hydrogen-bond acceptors (Lipinski definition) is 3. The molecule has 0 radical (unpaired) electrons. The number of hydrogen-bond donors (Lipinski definition) is 2. The van der Waals surface area contributed by atoms with E-state index in [-0.39, 0.29) is 5.88 Å². The van der Waals surface area contributed by atoms with Gasteiger partial charge >= 0.3 is 6.16 Å². The lowest BCUT2D eigenvalue weighted by Crippen LogP contribution is -2.02. The number of H-pyrrole nitrogens is 1. The van der Waals surface area contributed by atoms with Gasteiger partial charge in [-0.25, -0.2) is 4.79 Å². The van der Waals surface area contributed by atoms with Crippen molar-refractivity contribution in [1.29, 1.82) is 0 Å². The van der Waals surface area contributed by atoms with Crippen molar-refractivity contribution in [1.82, 2.24) is 4.98 Å². The van der Waals surface area contributed by atoms with Crippen molar-refractivity contribution in [3.63, 3.8) is 0 Å². The molecule has 1 heterocycles. The van der Waals surface area contributed by atoms with Crippen LogP contribution in [0, 0.1) is 0 Å². The molecule has 5 heteroatoms. The fourth-order valence-corrected chi connectivity index (χ4v) is 2.25. The van der Waals surface area contributed by atoms with Crippen molar-refractivity contribution in [2.75, 3.05) is 6.61 Å². The molecule has 5 nitrogen and oxygen atoms in total. The molecule has 0 atom stereocenters. The maximum atomic E-state index is 10.5. The predicted molar refractivity (Wildman–Crippen MR) is 82.6 cm³/mol. The first-order valence-electron chi connectivity index (χ1n) is 6.91. The van der Waals surface area contributed by atoms with E-state index in [0.717, 1.165) is 23.1 Å². The van der Waals surface area contributed by atoms with Crippen LogP contribution in [0.15, 0.2) is 54.6 Å². The van der Waals surface area contributed by atoms with Gasteiger partial charge in [0.1, 0.15) is 5.75 Å². The van der Waals surface area contributed by atoms with E-state index >= 15 is 0 Å². The molecule has 0 aliphatic heterocycles. The lowest BCUT2D eigenvalue weighted by atomic mass is 10.2. The summed E-state index contributed by atoms with van der Waals surface area (Å²) in [5.74, 6) is 0.938. The number of aromatic amines is 1.